The fourth-order valence-electron chi connectivity index (χ4n) is 3.98. The van der Waals surface area contributed by atoms with Gasteiger partial charge in [-0.1, -0.05) is 72.3 Å². The first-order chi connectivity index (χ1) is 13.3. The molecular formula is C24H13ClO2. The Hall–Kier alpha value is -3.23. The van der Waals surface area contributed by atoms with Gasteiger partial charge in [-0.05, 0) is 23.8 Å². The molecule has 2 nitrogen and oxygen atoms in total. The van der Waals surface area contributed by atoms with E-state index in [-0.39, 0.29) is 0 Å². The number of furan rings is 2. The highest BCUT2D eigenvalue weighted by atomic mass is 35.5. The molecule has 0 saturated heterocycles. The standard InChI is InChI=1S/C24H13ClO2/c25-18-11-6-10-15-17-13-20-22(16-9-4-5-12-19(16)26-20)21(24(17)27-23(15)18)14-7-2-1-3-8-14/h1-13H. The maximum absolute atomic E-state index is 6.41. The van der Waals surface area contributed by atoms with Crippen LogP contribution in [0.15, 0.2) is 87.7 Å². The third-order valence-corrected chi connectivity index (χ3v) is 5.44. The molecule has 0 aliphatic heterocycles. The molecule has 128 valence electrons. The van der Waals surface area contributed by atoms with E-state index in [1.54, 1.807) is 0 Å². The summed E-state index contributed by atoms with van der Waals surface area (Å²) in [7, 11) is 0. The second kappa shape index (κ2) is 5.38. The zero-order valence-electron chi connectivity index (χ0n) is 14.2. The molecule has 0 unspecified atom stereocenters. The largest absolute Gasteiger partial charge is 0.456 e. The summed E-state index contributed by atoms with van der Waals surface area (Å²) in [6, 6.07) is 26.3. The van der Waals surface area contributed by atoms with Crippen LogP contribution in [0.2, 0.25) is 5.02 Å². The molecule has 0 amide bonds. The van der Waals surface area contributed by atoms with Crippen LogP contribution in [0.25, 0.3) is 55.0 Å². The van der Waals surface area contributed by atoms with Gasteiger partial charge >= 0.3 is 0 Å². The zero-order valence-corrected chi connectivity index (χ0v) is 15.0. The minimum atomic E-state index is 0.615. The second-order valence-corrected chi connectivity index (χ2v) is 7.09. The van der Waals surface area contributed by atoms with Gasteiger partial charge < -0.3 is 8.83 Å². The third kappa shape index (κ3) is 2.02. The maximum Gasteiger partial charge on any atom is 0.154 e. The highest BCUT2D eigenvalue weighted by molar-refractivity contribution is 6.36. The number of fused-ring (bicyclic) bond motifs is 6. The lowest BCUT2D eigenvalue weighted by Gasteiger charge is -2.05. The van der Waals surface area contributed by atoms with Gasteiger partial charge in [-0.3, -0.25) is 0 Å². The van der Waals surface area contributed by atoms with E-state index >= 15 is 0 Å². The number of hydrogen-bond donors (Lipinski definition) is 0. The molecule has 0 saturated carbocycles. The van der Waals surface area contributed by atoms with Gasteiger partial charge in [-0.15, -0.1) is 0 Å². The molecule has 3 heteroatoms. The van der Waals surface area contributed by atoms with Gasteiger partial charge in [0.15, 0.2) is 5.58 Å². The minimum absolute atomic E-state index is 0.615. The molecule has 6 aromatic rings. The quantitative estimate of drug-likeness (QED) is 0.296. The topological polar surface area (TPSA) is 26.3 Å². The molecule has 0 aliphatic carbocycles. The maximum atomic E-state index is 6.41. The average Bonchev–Trinajstić information content (AvgIpc) is 3.26. The highest BCUT2D eigenvalue weighted by Gasteiger charge is 2.21. The summed E-state index contributed by atoms with van der Waals surface area (Å²) in [4.78, 5) is 0. The zero-order chi connectivity index (χ0) is 18.0. The van der Waals surface area contributed by atoms with Crippen LogP contribution >= 0.6 is 11.6 Å². The van der Waals surface area contributed by atoms with Crippen molar-refractivity contribution < 1.29 is 8.83 Å². The lowest BCUT2D eigenvalue weighted by molar-refractivity contribution is 0.664. The lowest BCUT2D eigenvalue weighted by atomic mass is 9.96. The van der Waals surface area contributed by atoms with E-state index in [9.17, 15) is 0 Å². The predicted molar refractivity (Wildman–Crippen MR) is 111 cm³/mol. The van der Waals surface area contributed by atoms with Crippen molar-refractivity contribution in [3.05, 3.63) is 83.9 Å². The van der Waals surface area contributed by atoms with Gasteiger partial charge in [0.25, 0.3) is 0 Å². The van der Waals surface area contributed by atoms with Crippen LogP contribution in [-0.4, -0.2) is 0 Å². The van der Waals surface area contributed by atoms with Crippen molar-refractivity contribution in [2.45, 2.75) is 0 Å². The molecule has 2 heterocycles. The summed E-state index contributed by atoms with van der Waals surface area (Å²) < 4.78 is 12.5. The van der Waals surface area contributed by atoms with Crippen LogP contribution in [0.5, 0.6) is 0 Å². The van der Waals surface area contributed by atoms with Gasteiger partial charge in [0.05, 0.1) is 5.02 Å². The lowest BCUT2D eigenvalue weighted by Crippen LogP contribution is -1.81. The summed E-state index contributed by atoms with van der Waals surface area (Å²) >= 11 is 6.41. The molecule has 27 heavy (non-hydrogen) atoms. The van der Waals surface area contributed by atoms with Crippen LogP contribution in [0.4, 0.5) is 0 Å². The normalized spacial score (nSPS) is 11.9. The average molecular weight is 369 g/mol. The first-order valence-electron chi connectivity index (χ1n) is 8.81. The monoisotopic (exact) mass is 368 g/mol. The minimum Gasteiger partial charge on any atom is -0.456 e. The van der Waals surface area contributed by atoms with Crippen molar-refractivity contribution in [3.8, 4) is 11.1 Å². The third-order valence-electron chi connectivity index (χ3n) is 5.14. The van der Waals surface area contributed by atoms with E-state index < -0.39 is 0 Å². The Labute approximate surface area is 159 Å². The summed E-state index contributed by atoms with van der Waals surface area (Å²) in [5.74, 6) is 0. The van der Waals surface area contributed by atoms with E-state index in [4.69, 9.17) is 20.4 Å². The van der Waals surface area contributed by atoms with Crippen LogP contribution in [0.1, 0.15) is 0 Å². The number of rotatable bonds is 1. The van der Waals surface area contributed by atoms with E-state index in [1.807, 2.05) is 54.6 Å². The Morgan fingerprint density at radius 3 is 2.26 bits per heavy atom. The molecule has 2 aromatic heterocycles. The Morgan fingerprint density at radius 2 is 1.37 bits per heavy atom. The smallest absolute Gasteiger partial charge is 0.154 e. The fraction of sp³-hybridized carbons (Fsp3) is 0. The van der Waals surface area contributed by atoms with Gasteiger partial charge in [-0.2, -0.15) is 0 Å². The summed E-state index contributed by atoms with van der Waals surface area (Å²) in [6.45, 7) is 0. The molecule has 6 rings (SSSR count). The number of benzene rings is 4. The molecule has 0 atom stereocenters. The van der Waals surface area contributed by atoms with Crippen LogP contribution in [-0.2, 0) is 0 Å². The van der Waals surface area contributed by atoms with E-state index in [1.165, 1.54) is 0 Å². The molecule has 0 aliphatic rings. The number of para-hydroxylation sites is 2. The molecule has 0 spiro atoms. The Balaban J connectivity index is 1.93. The predicted octanol–water partition coefficient (Wildman–Crippen LogP) is 7.81. The molecule has 4 aromatic carbocycles. The molecule has 0 bridgehead atoms. The SMILES string of the molecule is Clc1cccc2c1oc1c(-c3ccccc3)c3c(cc12)oc1ccccc13. The fourth-order valence-corrected chi connectivity index (χ4v) is 4.19. The molecular weight excluding hydrogens is 356 g/mol. The van der Waals surface area contributed by atoms with Crippen molar-refractivity contribution in [3.63, 3.8) is 0 Å². The Morgan fingerprint density at radius 1 is 0.593 bits per heavy atom. The van der Waals surface area contributed by atoms with E-state index in [0.717, 1.165) is 49.4 Å². The Bertz CT molecular complexity index is 1470. The summed E-state index contributed by atoms with van der Waals surface area (Å²) in [6.07, 6.45) is 0. The van der Waals surface area contributed by atoms with Gasteiger partial charge in [0, 0.05) is 27.1 Å². The van der Waals surface area contributed by atoms with Gasteiger partial charge in [0.2, 0.25) is 0 Å². The van der Waals surface area contributed by atoms with Crippen molar-refractivity contribution in [1.29, 1.82) is 0 Å². The van der Waals surface area contributed by atoms with Gasteiger partial charge in [-0.25, -0.2) is 0 Å². The summed E-state index contributed by atoms with van der Waals surface area (Å²) in [5.41, 5.74) is 5.41. The summed E-state index contributed by atoms with van der Waals surface area (Å²) in [5, 5.41) is 4.78. The van der Waals surface area contributed by atoms with E-state index in [0.29, 0.717) is 10.6 Å². The van der Waals surface area contributed by atoms with Crippen molar-refractivity contribution in [1.82, 2.24) is 0 Å². The van der Waals surface area contributed by atoms with Crippen molar-refractivity contribution in [2.24, 2.45) is 0 Å². The molecule has 0 N–H and O–H groups in total. The van der Waals surface area contributed by atoms with Crippen LogP contribution < -0.4 is 0 Å². The van der Waals surface area contributed by atoms with Crippen LogP contribution in [0, 0.1) is 0 Å². The highest BCUT2D eigenvalue weighted by Crippen LogP contribution is 2.45. The van der Waals surface area contributed by atoms with Crippen molar-refractivity contribution >= 4 is 55.5 Å². The number of hydrogen-bond acceptors (Lipinski definition) is 2. The van der Waals surface area contributed by atoms with Gasteiger partial charge in [0.1, 0.15) is 16.7 Å². The first kappa shape index (κ1) is 14.9. The molecule has 0 fully saturated rings. The second-order valence-electron chi connectivity index (χ2n) is 6.68. The van der Waals surface area contributed by atoms with Crippen LogP contribution in [0.3, 0.4) is 0 Å². The van der Waals surface area contributed by atoms with Crippen molar-refractivity contribution in [2.75, 3.05) is 0 Å². The molecule has 0 radical (unpaired) electrons. The Kier molecular flexibility index (Phi) is 2.97. The number of halogens is 1. The van der Waals surface area contributed by atoms with E-state index in [2.05, 4.69) is 24.3 Å². The first-order valence-corrected chi connectivity index (χ1v) is 9.19.